The van der Waals surface area contributed by atoms with Crippen LogP contribution in [0.3, 0.4) is 0 Å². The number of anilines is 1. The molecule has 2 rings (SSSR count). The number of carbonyl (C=O) groups is 1. The number of hydrogen-bond acceptors (Lipinski definition) is 3. The van der Waals surface area contributed by atoms with Gasteiger partial charge in [-0.1, -0.05) is 23.2 Å². The Morgan fingerprint density at radius 1 is 0.957 bits per heavy atom. The van der Waals surface area contributed by atoms with Crippen LogP contribution in [-0.4, -0.2) is 20.4 Å². The second-order valence-corrected chi connectivity index (χ2v) is 7.38. The SMILES string of the molecule is CC(NS(=O)(=O)c1ccc(Cl)cc1)C(=O)Nc1ccc(Cl)cc1. The summed E-state index contributed by atoms with van der Waals surface area (Å²) >= 11 is 11.5. The van der Waals surface area contributed by atoms with Crippen LogP contribution in [0.5, 0.6) is 0 Å². The summed E-state index contributed by atoms with van der Waals surface area (Å²) in [6, 6.07) is 11.2. The standard InChI is InChI=1S/C15H14Cl2N2O3S/c1-10(15(20)18-13-6-2-11(16)3-7-13)19-23(21,22)14-8-4-12(17)5-9-14/h2-10,19H,1H3,(H,18,20). The molecule has 0 aliphatic carbocycles. The van der Waals surface area contributed by atoms with Gasteiger partial charge in [-0.2, -0.15) is 4.72 Å². The third kappa shape index (κ3) is 4.94. The molecule has 0 bridgehead atoms. The van der Waals surface area contributed by atoms with Gasteiger partial charge in [-0.3, -0.25) is 4.79 Å². The summed E-state index contributed by atoms with van der Waals surface area (Å²) in [5.74, 6) is -0.482. The van der Waals surface area contributed by atoms with Crippen LogP contribution in [0.1, 0.15) is 6.92 Å². The number of halogens is 2. The highest BCUT2D eigenvalue weighted by atomic mass is 35.5. The molecule has 0 aromatic heterocycles. The van der Waals surface area contributed by atoms with Crippen molar-refractivity contribution in [1.82, 2.24) is 4.72 Å². The van der Waals surface area contributed by atoms with E-state index in [2.05, 4.69) is 10.0 Å². The first-order valence-corrected chi connectivity index (χ1v) is 8.86. The molecule has 1 amide bonds. The lowest BCUT2D eigenvalue weighted by Gasteiger charge is -2.14. The number of carbonyl (C=O) groups excluding carboxylic acids is 1. The van der Waals surface area contributed by atoms with E-state index in [0.29, 0.717) is 15.7 Å². The fourth-order valence-electron chi connectivity index (χ4n) is 1.75. The zero-order chi connectivity index (χ0) is 17.0. The second kappa shape index (κ2) is 7.31. The summed E-state index contributed by atoms with van der Waals surface area (Å²) in [5.41, 5.74) is 0.525. The molecule has 1 atom stereocenters. The summed E-state index contributed by atoms with van der Waals surface area (Å²) in [6.45, 7) is 1.46. The molecule has 0 heterocycles. The van der Waals surface area contributed by atoms with E-state index in [9.17, 15) is 13.2 Å². The predicted molar refractivity (Wildman–Crippen MR) is 91.3 cm³/mol. The van der Waals surface area contributed by atoms with E-state index >= 15 is 0 Å². The Balaban J connectivity index is 2.05. The lowest BCUT2D eigenvalue weighted by Crippen LogP contribution is -2.41. The highest BCUT2D eigenvalue weighted by Crippen LogP contribution is 2.15. The third-order valence-corrected chi connectivity index (χ3v) is 5.02. The van der Waals surface area contributed by atoms with E-state index in [1.54, 1.807) is 24.3 Å². The van der Waals surface area contributed by atoms with E-state index in [4.69, 9.17) is 23.2 Å². The molecule has 2 aromatic rings. The maximum absolute atomic E-state index is 12.2. The molecule has 5 nitrogen and oxygen atoms in total. The van der Waals surface area contributed by atoms with Gasteiger partial charge in [0.2, 0.25) is 15.9 Å². The molecular formula is C15H14Cl2N2O3S. The van der Waals surface area contributed by atoms with Gasteiger partial charge >= 0.3 is 0 Å². The topological polar surface area (TPSA) is 75.3 Å². The van der Waals surface area contributed by atoms with Gasteiger partial charge in [-0.05, 0) is 55.5 Å². The predicted octanol–water partition coefficient (Wildman–Crippen LogP) is 3.30. The minimum atomic E-state index is -3.81. The maximum atomic E-state index is 12.2. The third-order valence-electron chi connectivity index (χ3n) is 2.96. The quantitative estimate of drug-likeness (QED) is 0.845. The van der Waals surface area contributed by atoms with Crippen LogP contribution in [0.15, 0.2) is 53.4 Å². The molecule has 0 fully saturated rings. The van der Waals surface area contributed by atoms with Crippen molar-refractivity contribution < 1.29 is 13.2 Å². The van der Waals surface area contributed by atoms with Crippen molar-refractivity contribution >= 4 is 44.8 Å². The van der Waals surface area contributed by atoms with E-state index in [0.717, 1.165) is 0 Å². The highest BCUT2D eigenvalue weighted by molar-refractivity contribution is 7.89. The first-order chi connectivity index (χ1) is 10.8. The number of benzene rings is 2. The monoisotopic (exact) mass is 372 g/mol. The van der Waals surface area contributed by atoms with Gasteiger partial charge in [0.1, 0.15) is 0 Å². The number of hydrogen-bond donors (Lipinski definition) is 2. The Labute approximate surface area is 144 Å². The molecule has 122 valence electrons. The van der Waals surface area contributed by atoms with Gasteiger partial charge in [0.15, 0.2) is 0 Å². The molecule has 0 aliphatic rings. The summed E-state index contributed by atoms with van der Waals surface area (Å²) in [7, 11) is -3.81. The van der Waals surface area contributed by atoms with Crippen molar-refractivity contribution in [1.29, 1.82) is 0 Å². The lowest BCUT2D eigenvalue weighted by molar-refractivity contribution is -0.117. The number of rotatable bonds is 5. The highest BCUT2D eigenvalue weighted by Gasteiger charge is 2.22. The minimum absolute atomic E-state index is 0.0352. The average Bonchev–Trinajstić information content (AvgIpc) is 2.49. The molecule has 0 saturated carbocycles. The fraction of sp³-hybridized carbons (Fsp3) is 0.133. The van der Waals surface area contributed by atoms with Gasteiger partial charge in [0.05, 0.1) is 10.9 Å². The molecule has 0 aliphatic heterocycles. The van der Waals surface area contributed by atoms with Crippen LogP contribution in [0.25, 0.3) is 0 Å². The van der Waals surface area contributed by atoms with Crippen LogP contribution in [0, 0.1) is 0 Å². The summed E-state index contributed by atoms with van der Waals surface area (Å²) in [4.78, 5) is 12.1. The van der Waals surface area contributed by atoms with E-state index in [1.807, 2.05) is 0 Å². The molecule has 2 N–H and O–H groups in total. The van der Waals surface area contributed by atoms with Crippen LogP contribution in [-0.2, 0) is 14.8 Å². The van der Waals surface area contributed by atoms with Gasteiger partial charge in [0, 0.05) is 15.7 Å². The van der Waals surface area contributed by atoms with E-state index < -0.39 is 22.0 Å². The Kier molecular flexibility index (Phi) is 5.64. The zero-order valence-corrected chi connectivity index (χ0v) is 14.4. The van der Waals surface area contributed by atoms with Crippen molar-refractivity contribution in [2.24, 2.45) is 0 Å². The Bertz CT molecular complexity index is 790. The van der Waals surface area contributed by atoms with E-state index in [-0.39, 0.29) is 4.90 Å². The summed E-state index contributed by atoms with van der Waals surface area (Å²) < 4.78 is 26.7. The zero-order valence-electron chi connectivity index (χ0n) is 12.1. The van der Waals surface area contributed by atoms with Gasteiger partial charge in [-0.25, -0.2) is 8.42 Å². The van der Waals surface area contributed by atoms with Crippen LogP contribution in [0.4, 0.5) is 5.69 Å². The molecule has 0 spiro atoms. The molecule has 8 heteroatoms. The van der Waals surface area contributed by atoms with Gasteiger partial charge in [0.25, 0.3) is 0 Å². The minimum Gasteiger partial charge on any atom is -0.325 e. The van der Waals surface area contributed by atoms with Crippen molar-refractivity contribution in [3.8, 4) is 0 Å². The molecule has 0 radical (unpaired) electrons. The van der Waals surface area contributed by atoms with Crippen molar-refractivity contribution in [2.45, 2.75) is 17.9 Å². The molecule has 0 saturated heterocycles. The molecule has 23 heavy (non-hydrogen) atoms. The lowest BCUT2D eigenvalue weighted by atomic mass is 10.3. The summed E-state index contributed by atoms with van der Waals surface area (Å²) in [5, 5.41) is 3.58. The Morgan fingerprint density at radius 2 is 1.43 bits per heavy atom. The number of nitrogens with one attached hydrogen (secondary N) is 2. The van der Waals surface area contributed by atoms with Crippen LogP contribution in [0.2, 0.25) is 10.0 Å². The summed E-state index contributed by atoms with van der Waals surface area (Å²) in [6.07, 6.45) is 0. The second-order valence-electron chi connectivity index (χ2n) is 4.79. The normalized spacial score (nSPS) is 12.7. The number of sulfonamides is 1. The maximum Gasteiger partial charge on any atom is 0.242 e. The average molecular weight is 373 g/mol. The number of amides is 1. The fourth-order valence-corrected chi connectivity index (χ4v) is 3.21. The molecule has 2 aromatic carbocycles. The van der Waals surface area contributed by atoms with Gasteiger partial charge < -0.3 is 5.32 Å². The largest absolute Gasteiger partial charge is 0.325 e. The van der Waals surface area contributed by atoms with Gasteiger partial charge in [-0.15, -0.1) is 0 Å². The molecule has 1 unspecified atom stereocenters. The van der Waals surface area contributed by atoms with Crippen molar-refractivity contribution in [3.63, 3.8) is 0 Å². The van der Waals surface area contributed by atoms with Crippen molar-refractivity contribution in [2.75, 3.05) is 5.32 Å². The molecular weight excluding hydrogens is 359 g/mol. The smallest absolute Gasteiger partial charge is 0.242 e. The van der Waals surface area contributed by atoms with Crippen molar-refractivity contribution in [3.05, 3.63) is 58.6 Å². The van der Waals surface area contributed by atoms with E-state index in [1.165, 1.54) is 31.2 Å². The van der Waals surface area contributed by atoms with Crippen LogP contribution >= 0.6 is 23.2 Å². The first-order valence-electron chi connectivity index (χ1n) is 6.62. The van der Waals surface area contributed by atoms with Crippen LogP contribution < -0.4 is 10.0 Å². The first kappa shape index (κ1) is 17.7. The Morgan fingerprint density at radius 3 is 1.96 bits per heavy atom. The Hall–Kier alpha value is -1.60.